The zero-order valence-electron chi connectivity index (χ0n) is 17.9. The zero-order chi connectivity index (χ0) is 20.7. The predicted octanol–water partition coefficient (Wildman–Crippen LogP) is 6.15. The first kappa shape index (κ1) is 25.1. The van der Waals surface area contributed by atoms with Crippen LogP contribution < -0.4 is 0 Å². The Morgan fingerprint density at radius 2 is 1.29 bits per heavy atom. The van der Waals surface area contributed by atoms with Crippen molar-refractivity contribution in [3.8, 4) is 0 Å². The molecule has 0 aliphatic heterocycles. The van der Waals surface area contributed by atoms with Gasteiger partial charge in [-0.05, 0) is 25.5 Å². The van der Waals surface area contributed by atoms with E-state index >= 15 is 0 Å². The van der Waals surface area contributed by atoms with Crippen LogP contribution in [0.1, 0.15) is 96.0 Å². The summed E-state index contributed by atoms with van der Waals surface area (Å²) in [5.41, 5.74) is 0.992. The van der Waals surface area contributed by atoms with E-state index in [9.17, 15) is 13.5 Å². The number of unbranched alkanes of at least 4 members (excludes halogenated alkanes) is 11. The number of rotatable bonds is 17. The minimum Gasteiger partial charge on any atom is -0.391 e. The van der Waals surface area contributed by atoms with Crippen molar-refractivity contribution in [1.29, 1.82) is 0 Å². The van der Waals surface area contributed by atoms with E-state index in [1.54, 1.807) is 12.1 Å². The summed E-state index contributed by atoms with van der Waals surface area (Å²) in [4.78, 5) is 0.135. The maximum absolute atomic E-state index is 12.1. The molecule has 0 unspecified atom stereocenters. The lowest BCUT2D eigenvalue weighted by molar-refractivity contribution is 0.100. The van der Waals surface area contributed by atoms with E-state index in [1.807, 2.05) is 6.92 Å². The Labute approximate surface area is 172 Å². The predicted molar refractivity (Wildman–Crippen MR) is 116 cm³/mol. The first-order valence-corrected chi connectivity index (χ1v) is 12.5. The van der Waals surface area contributed by atoms with Crippen LogP contribution in [0.25, 0.3) is 0 Å². The van der Waals surface area contributed by atoms with Crippen molar-refractivity contribution in [3.63, 3.8) is 0 Å². The number of benzene rings is 1. The number of aliphatic hydroxyl groups excluding tert-OH is 1. The van der Waals surface area contributed by atoms with Crippen LogP contribution in [-0.4, -0.2) is 26.2 Å². The van der Waals surface area contributed by atoms with E-state index in [4.69, 9.17) is 4.18 Å². The summed E-state index contributed by atoms with van der Waals surface area (Å²) in [6.07, 6.45) is 15.1. The molecule has 0 heterocycles. The second-order valence-electron chi connectivity index (χ2n) is 7.88. The van der Waals surface area contributed by atoms with Crippen LogP contribution in [0.3, 0.4) is 0 Å². The molecule has 5 heteroatoms. The fourth-order valence-electron chi connectivity index (χ4n) is 3.25. The quantitative estimate of drug-likeness (QED) is 0.246. The zero-order valence-corrected chi connectivity index (χ0v) is 18.7. The van der Waals surface area contributed by atoms with Gasteiger partial charge in [0, 0.05) is 0 Å². The van der Waals surface area contributed by atoms with Crippen LogP contribution in [0.4, 0.5) is 0 Å². The van der Waals surface area contributed by atoms with Crippen LogP contribution in [0, 0.1) is 6.92 Å². The summed E-state index contributed by atoms with van der Waals surface area (Å²) in [7, 11) is -3.79. The highest BCUT2D eigenvalue weighted by molar-refractivity contribution is 7.86. The molecule has 1 N–H and O–H groups in total. The van der Waals surface area contributed by atoms with Crippen molar-refractivity contribution in [2.24, 2.45) is 0 Å². The third-order valence-electron chi connectivity index (χ3n) is 5.12. The van der Waals surface area contributed by atoms with Gasteiger partial charge in [0.25, 0.3) is 10.1 Å². The Balaban J connectivity index is 2.01. The molecule has 162 valence electrons. The van der Waals surface area contributed by atoms with Gasteiger partial charge in [0.05, 0.1) is 17.6 Å². The first-order valence-electron chi connectivity index (χ1n) is 11.1. The molecule has 0 radical (unpaired) electrons. The SMILES string of the molecule is CCCCCCCCCCCCCC[C@H](O)COS(=O)(=O)c1ccc(C)cc1. The molecule has 4 nitrogen and oxygen atoms in total. The van der Waals surface area contributed by atoms with Crippen molar-refractivity contribution in [3.05, 3.63) is 29.8 Å². The molecule has 0 bridgehead atoms. The van der Waals surface area contributed by atoms with Crippen LogP contribution in [0.5, 0.6) is 0 Å². The molecule has 0 aliphatic rings. The fourth-order valence-corrected chi connectivity index (χ4v) is 4.19. The Morgan fingerprint density at radius 3 is 1.79 bits per heavy atom. The molecular formula is C23H40O4S. The first-order chi connectivity index (χ1) is 13.5. The lowest BCUT2D eigenvalue weighted by atomic mass is 10.0. The highest BCUT2D eigenvalue weighted by Gasteiger charge is 2.17. The number of hydrogen-bond acceptors (Lipinski definition) is 4. The Morgan fingerprint density at radius 1 is 0.821 bits per heavy atom. The van der Waals surface area contributed by atoms with Gasteiger partial charge in [0.2, 0.25) is 0 Å². The minimum absolute atomic E-state index is 0.135. The van der Waals surface area contributed by atoms with Gasteiger partial charge >= 0.3 is 0 Å². The highest BCUT2D eigenvalue weighted by atomic mass is 32.2. The average Bonchev–Trinajstić information content (AvgIpc) is 2.67. The van der Waals surface area contributed by atoms with Crippen LogP contribution in [-0.2, 0) is 14.3 Å². The number of hydrogen-bond donors (Lipinski definition) is 1. The third-order valence-corrected chi connectivity index (χ3v) is 6.41. The van der Waals surface area contributed by atoms with Gasteiger partial charge < -0.3 is 5.11 Å². The maximum atomic E-state index is 12.1. The second kappa shape index (κ2) is 15.0. The number of aliphatic hydroxyl groups is 1. The van der Waals surface area contributed by atoms with Gasteiger partial charge in [0.15, 0.2) is 0 Å². The molecule has 0 fully saturated rings. The van der Waals surface area contributed by atoms with Gasteiger partial charge in [-0.1, -0.05) is 102 Å². The molecule has 1 rings (SSSR count). The lowest BCUT2D eigenvalue weighted by Gasteiger charge is -2.11. The van der Waals surface area contributed by atoms with Crippen molar-refractivity contribution >= 4 is 10.1 Å². The largest absolute Gasteiger partial charge is 0.391 e. The van der Waals surface area contributed by atoms with Gasteiger partial charge in [-0.25, -0.2) is 0 Å². The second-order valence-corrected chi connectivity index (χ2v) is 9.50. The molecule has 1 aromatic carbocycles. The van der Waals surface area contributed by atoms with E-state index in [1.165, 1.54) is 76.3 Å². The van der Waals surface area contributed by atoms with E-state index < -0.39 is 16.2 Å². The maximum Gasteiger partial charge on any atom is 0.297 e. The lowest BCUT2D eigenvalue weighted by Crippen LogP contribution is -2.19. The van der Waals surface area contributed by atoms with Gasteiger partial charge in [0.1, 0.15) is 0 Å². The Hall–Kier alpha value is -0.910. The number of aryl methyl sites for hydroxylation is 1. The average molecular weight is 413 g/mol. The molecule has 28 heavy (non-hydrogen) atoms. The topological polar surface area (TPSA) is 63.6 Å². The van der Waals surface area contributed by atoms with Crippen molar-refractivity contribution < 1.29 is 17.7 Å². The normalized spacial score (nSPS) is 13.0. The Bertz CT molecular complexity index is 596. The fraction of sp³-hybridized carbons (Fsp3) is 0.739. The van der Waals surface area contributed by atoms with Crippen molar-refractivity contribution in [2.75, 3.05) is 6.61 Å². The summed E-state index contributed by atoms with van der Waals surface area (Å²) < 4.78 is 29.2. The van der Waals surface area contributed by atoms with E-state index in [2.05, 4.69) is 6.92 Å². The molecule has 1 atom stereocenters. The van der Waals surface area contributed by atoms with Crippen molar-refractivity contribution in [1.82, 2.24) is 0 Å². The van der Waals surface area contributed by atoms with Crippen LogP contribution >= 0.6 is 0 Å². The molecule has 0 saturated heterocycles. The van der Waals surface area contributed by atoms with Gasteiger partial charge in [-0.2, -0.15) is 8.42 Å². The molecule has 0 aliphatic carbocycles. The monoisotopic (exact) mass is 412 g/mol. The molecule has 0 spiro atoms. The van der Waals surface area contributed by atoms with Gasteiger partial charge in [-0.3, -0.25) is 4.18 Å². The Kier molecular flexibility index (Phi) is 13.5. The third kappa shape index (κ3) is 11.8. The highest BCUT2D eigenvalue weighted by Crippen LogP contribution is 2.16. The van der Waals surface area contributed by atoms with Crippen LogP contribution in [0.15, 0.2) is 29.2 Å². The molecule has 0 amide bonds. The molecule has 0 aromatic heterocycles. The summed E-state index contributed by atoms with van der Waals surface area (Å²) in [5.74, 6) is 0. The standard InChI is InChI=1S/C23H40O4S/c1-3-4-5-6-7-8-9-10-11-12-13-14-15-22(24)20-27-28(25,26)23-18-16-21(2)17-19-23/h16-19,22,24H,3-15,20H2,1-2H3/t22-/m0/s1. The van der Waals surface area contributed by atoms with E-state index in [0.717, 1.165) is 18.4 Å². The molecule has 0 saturated carbocycles. The summed E-state index contributed by atoms with van der Waals surface area (Å²) in [5, 5.41) is 9.98. The summed E-state index contributed by atoms with van der Waals surface area (Å²) in [6, 6.07) is 6.53. The van der Waals surface area contributed by atoms with E-state index in [0.29, 0.717) is 6.42 Å². The smallest absolute Gasteiger partial charge is 0.297 e. The summed E-state index contributed by atoms with van der Waals surface area (Å²) >= 11 is 0. The van der Waals surface area contributed by atoms with Crippen molar-refractivity contribution in [2.45, 2.75) is 108 Å². The molecular weight excluding hydrogens is 372 g/mol. The minimum atomic E-state index is -3.79. The van der Waals surface area contributed by atoms with E-state index in [-0.39, 0.29) is 11.5 Å². The molecule has 1 aromatic rings. The van der Waals surface area contributed by atoms with Gasteiger partial charge in [-0.15, -0.1) is 0 Å². The van der Waals surface area contributed by atoms with Crippen LogP contribution in [0.2, 0.25) is 0 Å². The summed E-state index contributed by atoms with van der Waals surface area (Å²) in [6.45, 7) is 3.98.